The molecule has 19 heteroatoms. The van der Waals surface area contributed by atoms with E-state index < -0.39 is 0 Å². The molecule has 11 aromatic rings. The Hall–Kier alpha value is -9.91. The van der Waals surface area contributed by atoms with E-state index in [4.69, 9.17) is 0 Å². The first-order valence-electron chi connectivity index (χ1n) is 28.5. The minimum Gasteiger partial charge on any atom is -0.262 e. The quantitative estimate of drug-likeness (QED) is 0.128. The lowest BCUT2D eigenvalue weighted by atomic mass is 10.2. The second kappa shape index (κ2) is 44.6. The van der Waals surface area contributed by atoms with E-state index in [2.05, 4.69) is 122 Å². The maximum absolute atomic E-state index is 4.17. The highest BCUT2D eigenvalue weighted by atomic mass is 15.1. The molecule has 11 heterocycles. The van der Waals surface area contributed by atoms with Crippen molar-refractivity contribution in [1.82, 2.24) is 90.2 Å². The van der Waals surface area contributed by atoms with Crippen LogP contribution in [0.1, 0.15) is 119 Å². The molecule has 11 aromatic heterocycles. The average molecular weight is 1190 g/mol. The molecule has 0 aliphatic rings. The molecule has 0 aromatic carbocycles. The first-order valence-corrected chi connectivity index (χ1v) is 28.5. The molecule has 0 N–H and O–H groups in total. The standard InChI is InChI=1S/4C7H9N.6C6H8N2.C5H8N3/c1-6-3-4-8-7(2)5-6;1-6-3-4-7(2)8-5-6;1-6-4-3-5-8-7(6)2;1-6-4-3-5-7(2)8-6;1-5-3-8-6(2)4-7-5;1-5-3-7-4-6(2)8-5;1-5-3-7-6(2)8-4-5;1-5-3-4-7-6(2)8-5;1-5-3-4-7-8-6(5)2;1-5-3-4-6(2)8-7-5;1-5-7-3-6-4-8(5)2/h4*3-5H,1-2H3;7*3-4H,1-2H3/q;;;;;;;;;;+1. The Morgan fingerprint density at radius 3 is 1.16 bits per heavy atom. The summed E-state index contributed by atoms with van der Waals surface area (Å²) < 4.78 is 1.86. The molecule has 0 aliphatic heterocycles. The van der Waals surface area contributed by atoms with Crippen molar-refractivity contribution in [2.45, 2.75) is 145 Å². The molecule has 0 spiro atoms. The highest BCUT2D eigenvalue weighted by Crippen LogP contribution is 2.01. The molecule has 0 aliphatic carbocycles. The number of aromatic nitrogens is 19. The fraction of sp³-hybridized carbons (Fsp3) is 0.319. The fourth-order valence-corrected chi connectivity index (χ4v) is 5.90. The molecular weight excluding hydrogens is 1090 g/mol. The predicted molar refractivity (Wildman–Crippen MR) is 352 cm³/mol. The smallest absolute Gasteiger partial charge is 0.262 e. The summed E-state index contributed by atoms with van der Waals surface area (Å²) in [5, 5.41) is 15.2. The third-order valence-electron chi connectivity index (χ3n) is 11.2. The van der Waals surface area contributed by atoms with Crippen molar-refractivity contribution in [2.75, 3.05) is 0 Å². The van der Waals surface area contributed by atoms with Gasteiger partial charge in [-0.05, 0) is 227 Å². The number of aryl methyl sites for hydroxylation is 22. The largest absolute Gasteiger partial charge is 0.264 e. The van der Waals surface area contributed by atoms with Crippen LogP contribution in [0.4, 0.5) is 0 Å². The molecule has 0 unspecified atom stereocenters. The second-order valence-corrected chi connectivity index (χ2v) is 20.2. The van der Waals surface area contributed by atoms with Crippen molar-refractivity contribution in [3.05, 3.63) is 279 Å². The molecule has 0 saturated carbocycles. The zero-order valence-electron chi connectivity index (χ0n) is 56.0. The van der Waals surface area contributed by atoms with Crippen LogP contribution in [0.5, 0.6) is 0 Å². The number of nitrogens with zero attached hydrogens (tertiary/aromatic N) is 19. The van der Waals surface area contributed by atoms with Crippen molar-refractivity contribution < 1.29 is 4.57 Å². The summed E-state index contributed by atoms with van der Waals surface area (Å²) in [6, 6.07) is 25.8. The first kappa shape index (κ1) is 76.1. The normalized spacial score (nSPS) is 9.25. The summed E-state index contributed by atoms with van der Waals surface area (Å²) in [4.78, 5) is 56.1. The molecule has 0 atom stereocenters. The molecule has 88 heavy (non-hydrogen) atoms. The Bertz CT molecular complexity index is 2930. The van der Waals surface area contributed by atoms with Gasteiger partial charge < -0.3 is 0 Å². The topological polar surface area (TPSA) is 236 Å². The van der Waals surface area contributed by atoms with E-state index in [-0.39, 0.29) is 0 Å². The van der Waals surface area contributed by atoms with Crippen LogP contribution in [0, 0.1) is 145 Å². The summed E-state index contributed by atoms with van der Waals surface area (Å²) in [5.41, 5.74) is 19.4. The number of hydrogen-bond acceptors (Lipinski definition) is 18. The lowest BCUT2D eigenvalue weighted by molar-refractivity contribution is -0.684. The highest BCUT2D eigenvalue weighted by molar-refractivity contribution is 5.16. The minimum absolute atomic E-state index is 0.829. The Morgan fingerprint density at radius 2 is 0.830 bits per heavy atom. The van der Waals surface area contributed by atoms with Gasteiger partial charge in [0.15, 0.2) is 0 Å². The van der Waals surface area contributed by atoms with Gasteiger partial charge in [0.25, 0.3) is 6.33 Å². The summed E-state index contributed by atoms with van der Waals surface area (Å²) in [5.74, 6) is 2.64. The Balaban J connectivity index is 0.000000484. The van der Waals surface area contributed by atoms with Gasteiger partial charge >= 0.3 is 0 Å². The Kier molecular flexibility index (Phi) is 38.5. The van der Waals surface area contributed by atoms with Crippen LogP contribution >= 0.6 is 0 Å². The average Bonchev–Trinajstić information content (AvgIpc) is 3.48. The van der Waals surface area contributed by atoms with Crippen LogP contribution in [-0.4, -0.2) is 90.2 Å². The van der Waals surface area contributed by atoms with Crippen LogP contribution < -0.4 is 4.57 Å². The van der Waals surface area contributed by atoms with E-state index in [1.54, 1.807) is 43.5 Å². The monoisotopic (exact) mass is 1190 g/mol. The van der Waals surface area contributed by atoms with E-state index in [1.807, 2.05) is 235 Å². The van der Waals surface area contributed by atoms with E-state index >= 15 is 0 Å². The van der Waals surface area contributed by atoms with E-state index in [0.29, 0.717) is 0 Å². The molecule has 11 rings (SSSR count). The summed E-state index contributed by atoms with van der Waals surface area (Å²) in [6.45, 7) is 41.3. The van der Waals surface area contributed by atoms with Crippen molar-refractivity contribution in [2.24, 2.45) is 7.05 Å². The lowest BCUT2D eigenvalue weighted by Gasteiger charge is -1.92. The molecule has 0 bridgehead atoms. The van der Waals surface area contributed by atoms with Crippen LogP contribution in [-0.2, 0) is 7.05 Å². The van der Waals surface area contributed by atoms with Gasteiger partial charge in [-0.1, -0.05) is 28.2 Å². The van der Waals surface area contributed by atoms with Gasteiger partial charge in [-0.15, -0.1) is 0 Å². The molecular formula is C69H92N19+. The predicted octanol–water partition coefficient (Wildman–Crippen LogP) is 13.0. The summed E-state index contributed by atoms with van der Waals surface area (Å²) >= 11 is 0. The number of pyridine rings is 4. The van der Waals surface area contributed by atoms with E-state index in [9.17, 15) is 0 Å². The van der Waals surface area contributed by atoms with E-state index in [1.165, 1.54) is 28.6 Å². The number of hydrogen-bond donors (Lipinski definition) is 0. The third-order valence-corrected chi connectivity index (χ3v) is 11.2. The van der Waals surface area contributed by atoms with Crippen LogP contribution in [0.15, 0.2) is 160 Å². The summed E-state index contributed by atoms with van der Waals surface area (Å²) in [7, 11) is 1.91. The van der Waals surface area contributed by atoms with Crippen molar-refractivity contribution in [1.29, 1.82) is 0 Å². The maximum atomic E-state index is 4.17. The van der Waals surface area contributed by atoms with Gasteiger partial charge in [-0.3, -0.25) is 39.9 Å². The van der Waals surface area contributed by atoms with Crippen LogP contribution in [0.3, 0.4) is 0 Å². The molecule has 0 amide bonds. The van der Waals surface area contributed by atoms with Gasteiger partial charge in [-0.2, -0.15) is 20.4 Å². The number of rotatable bonds is 0. The molecule has 0 saturated heterocycles. The van der Waals surface area contributed by atoms with Gasteiger partial charge in [0, 0.05) is 109 Å². The minimum atomic E-state index is 0.829. The summed E-state index contributed by atoms with van der Waals surface area (Å²) in [6.07, 6.45) is 22.8. The molecule has 462 valence electrons. The maximum Gasteiger partial charge on any atom is 0.264 e. The Morgan fingerprint density at radius 1 is 0.295 bits per heavy atom. The molecule has 19 nitrogen and oxygen atoms in total. The van der Waals surface area contributed by atoms with Crippen molar-refractivity contribution in [3.8, 4) is 0 Å². The third kappa shape index (κ3) is 40.4. The lowest BCUT2D eigenvalue weighted by Crippen LogP contribution is -2.32. The van der Waals surface area contributed by atoms with Gasteiger partial charge in [0.2, 0.25) is 12.2 Å². The second-order valence-electron chi connectivity index (χ2n) is 20.2. The van der Waals surface area contributed by atoms with E-state index in [0.717, 1.165) is 97.1 Å². The zero-order chi connectivity index (χ0) is 65.8. The molecule has 0 fully saturated rings. The van der Waals surface area contributed by atoms with Crippen LogP contribution in [0.25, 0.3) is 0 Å². The van der Waals surface area contributed by atoms with Gasteiger partial charge in [0.1, 0.15) is 11.6 Å². The Labute approximate surface area is 523 Å². The van der Waals surface area contributed by atoms with Crippen molar-refractivity contribution >= 4 is 0 Å². The van der Waals surface area contributed by atoms with Gasteiger partial charge in [0.05, 0.1) is 46.9 Å². The highest BCUT2D eigenvalue weighted by Gasteiger charge is 1.94. The fourth-order valence-electron chi connectivity index (χ4n) is 5.90. The van der Waals surface area contributed by atoms with Gasteiger partial charge in [-0.25, -0.2) is 24.5 Å². The first-order chi connectivity index (χ1) is 41.7. The SMILES string of the molecule is Cc1ccc(C)nc1.Cc1ccc(C)nn1.Cc1cccc(C)n1.Cc1cccnc1C.Cc1ccnc(C)c1.Cc1ccnc(C)n1.Cc1ccnnc1C.Cc1cnc(C)cn1.Cc1cnc(C)nc1.Cc1cncc(C)n1.Cc1ncnc[n+]1C. The van der Waals surface area contributed by atoms with Crippen LogP contribution in [0.2, 0.25) is 0 Å². The zero-order valence-corrected chi connectivity index (χ0v) is 56.0. The van der Waals surface area contributed by atoms with Crippen molar-refractivity contribution in [3.63, 3.8) is 0 Å². The molecule has 0 radical (unpaired) electrons.